The molecule has 150 valence electrons. The van der Waals surface area contributed by atoms with E-state index in [9.17, 15) is 9.59 Å². The molecule has 7 nitrogen and oxygen atoms in total. The molecule has 4 aromatic rings. The van der Waals surface area contributed by atoms with Crippen molar-refractivity contribution in [3.8, 4) is 0 Å². The van der Waals surface area contributed by atoms with Crippen LogP contribution in [0.1, 0.15) is 29.1 Å². The van der Waals surface area contributed by atoms with Crippen molar-refractivity contribution >= 4 is 39.3 Å². The highest BCUT2D eigenvalue weighted by Crippen LogP contribution is 2.39. The standard InChI is InChI=1S/C23H21N5O2/c1-13-23(28-12-14(11-27(2)3)24-10-20(28)26-13)22-19(30)8-18(29)21(22)16-9-25-17-7-5-4-6-15(16)17/h4-7,9-10,12,25H,8,11H2,1-3H3. The first-order chi connectivity index (χ1) is 14.4. The second-order valence-electron chi connectivity index (χ2n) is 7.91. The first-order valence-electron chi connectivity index (χ1n) is 9.80. The Balaban J connectivity index is 1.80. The van der Waals surface area contributed by atoms with Crippen LogP contribution >= 0.6 is 0 Å². The van der Waals surface area contributed by atoms with Crippen molar-refractivity contribution in [3.05, 3.63) is 65.5 Å². The zero-order chi connectivity index (χ0) is 21.0. The van der Waals surface area contributed by atoms with Crippen LogP contribution in [0.2, 0.25) is 0 Å². The molecule has 0 saturated carbocycles. The number of fused-ring (bicyclic) bond motifs is 2. The van der Waals surface area contributed by atoms with Crippen LogP contribution in [0.4, 0.5) is 0 Å². The van der Waals surface area contributed by atoms with Crippen LogP contribution in [0, 0.1) is 6.92 Å². The number of imidazole rings is 1. The number of ketones is 2. The van der Waals surface area contributed by atoms with E-state index in [1.165, 1.54) is 0 Å². The second-order valence-corrected chi connectivity index (χ2v) is 7.91. The fourth-order valence-electron chi connectivity index (χ4n) is 4.23. The molecular formula is C23H21N5O2. The summed E-state index contributed by atoms with van der Waals surface area (Å²) in [7, 11) is 3.95. The molecule has 1 N–H and O–H groups in total. The van der Waals surface area contributed by atoms with Crippen molar-refractivity contribution in [1.82, 2.24) is 24.3 Å². The summed E-state index contributed by atoms with van der Waals surface area (Å²) >= 11 is 0. The minimum Gasteiger partial charge on any atom is -0.361 e. The van der Waals surface area contributed by atoms with Gasteiger partial charge in [0.05, 0.1) is 35.3 Å². The van der Waals surface area contributed by atoms with Gasteiger partial charge in [0.15, 0.2) is 17.2 Å². The minimum absolute atomic E-state index is 0.119. The molecule has 3 aromatic heterocycles. The molecular weight excluding hydrogens is 378 g/mol. The van der Waals surface area contributed by atoms with E-state index >= 15 is 0 Å². The molecule has 1 aliphatic rings. The number of allylic oxidation sites excluding steroid dienone is 2. The lowest BCUT2D eigenvalue weighted by Crippen LogP contribution is -2.13. The highest BCUT2D eigenvalue weighted by Gasteiger charge is 2.36. The summed E-state index contributed by atoms with van der Waals surface area (Å²) in [6, 6.07) is 7.79. The second kappa shape index (κ2) is 6.74. The lowest BCUT2D eigenvalue weighted by molar-refractivity contribution is -0.119. The fourth-order valence-corrected chi connectivity index (χ4v) is 4.23. The van der Waals surface area contributed by atoms with Gasteiger partial charge in [-0.1, -0.05) is 18.2 Å². The van der Waals surface area contributed by atoms with Gasteiger partial charge in [0, 0.05) is 41.0 Å². The van der Waals surface area contributed by atoms with E-state index in [2.05, 4.69) is 15.0 Å². The summed E-state index contributed by atoms with van der Waals surface area (Å²) in [5.74, 6) is -0.326. The average Bonchev–Trinajstić information content (AvgIpc) is 3.33. The number of hydrogen-bond donors (Lipinski definition) is 1. The lowest BCUT2D eigenvalue weighted by Gasteiger charge is -2.11. The number of carbonyl (C=O) groups excluding carboxylic acids is 2. The number of aromatic nitrogens is 4. The van der Waals surface area contributed by atoms with E-state index < -0.39 is 0 Å². The molecule has 0 saturated heterocycles. The van der Waals surface area contributed by atoms with Gasteiger partial charge in [-0.05, 0) is 27.1 Å². The van der Waals surface area contributed by atoms with Gasteiger partial charge < -0.3 is 9.88 Å². The number of carbonyl (C=O) groups is 2. The summed E-state index contributed by atoms with van der Waals surface area (Å²) in [5, 5.41) is 0.925. The fraction of sp³-hybridized carbons (Fsp3) is 0.217. The monoisotopic (exact) mass is 399 g/mol. The quantitative estimate of drug-likeness (QED) is 0.534. The van der Waals surface area contributed by atoms with Gasteiger partial charge in [-0.2, -0.15) is 0 Å². The predicted molar refractivity (Wildman–Crippen MR) is 115 cm³/mol. The van der Waals surface area contributed by atoms with Crippen molar-refractivity contribution in [2.45, 2.75) is 19.9 Å². The van der Waals surface area contributed by atoms with Crippen LogP contribution in [0.15, 0.2) is 42.9 Å². The topological polar surface area (TPSA) is 83.4 Å². The van der Waals surface area contributed by atoms with Crippen molar-refractivity contribution in [1.29, 1.82) is 0 Å². The van der Waals surface area contributed by atoms with Gasteiger partial charge in [-0.3, -0.25) is 19.0 Å². The highest BCUT2D eigenvalue weighted by molar-refractivity contribution is 6.51. The van der Waals surface area contributed by atoms with Crippen LogP contribution in [0.5, 0.6) is 0 Å². The molecule has 5 rings (SSSR count). The smallest absolute Gasteiger partial charge is 0.173 e. The average molecular weight is 399 g/mol. The molecule has 7 heteroatoms. The van der Waals surface area contributed by atoms with E-state index in [1.807, 2.05) is 67.0 Å². The SMILES string of the molecule is Cc1nc2cnc(CN(C)C)cn2c1C1=C(c2c[nH]c3ccccc23)C(=O)CC1=O. The Morgan fingerprint density at radius 1 is 1.13 bits per heavy atom. The Labute approximate surface area is 173 Å². The van der Waals surface area contributed by atoms with Gasteiger partial charge >= 0.3 is 0 Å². The molecule has 0 amide bonds. The number of para-hydroxylation sites is 1. The molecule has 30 heavy (non-hydrogen) atoms. The van der Waals surface area contributed by atoms with Crippen LogP contribution in [0.3, 0.4) is 0 Å². The molecule has 0 unspecified atom stereocenters. The lowest BCUT2D eigenvalue weighted by atomic mass is 9.98. The van der Waals surface area contributed by atoms with Crippen molar-refractivity contribution in [2.24, 2.45) is 0 Å². The summed E-state index contributed by atoms with van der Waals surface area (Å²) in [6.07, 6.45) is 5.31. The molecule has 0 fully saturated rings. The zero-order valence-electron chi connectivity index (χ0n) is 17.1. The molecule has 1 aromatic carbocycles. The first-order valence-corrected chi connectivity index (χ1v) is 9.80. The van der Waals surface area contributed by atoms with Gasteiger partial charge in [0.2, 0.25) is 0 Å². The van der Waals surface area contributed by atoms with Crippen LogP contribution < -0.4 is 0 Å². The number of rotatable bonds is 4. The summed E-state index contributed by atoms with van der Waals surface area (Å²) in [4.78, 5) is 40.3. The van der Waals surface area contributed by atoms with Crippen LogP contribution in [-0.2, 0) is 16.1 Å². The van der Waals surface area contributed by atoms with Crippen LogP contribution in [-0.4, -0.2) is 49.9 Å². The van der Waals surface area contributed by atoms with Crippen molar-refractivity contribution in [2.75, 3.05) is 14.1 Å². The van der Waals surface area contributed by atoms with Gasteiger partial charge in [0.1, 0.15) is 0 Å². The van der Waals surface area contributed by atoms with E-state index in [0.29, 0.717) is 34.7 Å². The molecule has 0 spiro atoms. The number of nitrogens with zero attached hydrogens (tertiary/aromatic N) is 4. The van der Waals surface area contributed by atoms with E-state index in [-0.39, 0.29) is 18.0 Å². The Hall–Kier alpha value is -3.58. The number of aromatic amines is 1. The molecule has 1 aliphatic carbocycles. The maximum absolute atomic E-state index is 13.0. The van der Waals surface area contributed by atoms with Gasteiger partial charge in [0.25, 0.3) is 0 Å². The predicted octanol–water partition coefficient (Wildman–Crippen LogP) is 3.03. The maximum Gasteiger partial charge on any atom is 0.173 e. The number of Topliss-reactive ketones (excluding diaryl/α,β-unsaturated/α-hetero) is 2. The van der Waals surface area contributed by atoms with Crippen molar-refractivity contribution in [3.63, 3.8) is 0 Å². The Bertz CT molecular complexity index is 1370. The molecule has 3 heterocycles. The maximum atomic E-state index is 13.0. The van der Waals surface area contributed by atoms with Gasteiger partial charge in [-0.15, -0.1) is 0 Å². The number of H-pyrrole nitrogens is 1. The Kier molecular flexibility index (Phi) is 4.15. The first kappa shape index (κ1) is 18.4. The van der Waals surface area contributed by atoms with E-state index in [1.54, 1.807) is 6.20 Å². The van der Waals surface area contributed by atoms with E-state index in [4.69, 9.17) is 0 Å². The van der Waals surface area contributed by atoms with Crippen molar-refractivity contribution < 1.29 is 9.59 Å². The Morgan fingerprint density at radius 2 is 1.90 bits per heavy atom. The third-order valence-corrected chi connectivity index (χ3v) is 5.44. The molecule has 0 radical (unpaired) electrons. The largest absolute Gasteiger partial charge is 0.361 e. The van der Waals surface area contributed by atoms with Crippen LogP contribution in [0.25, 0.3) is 27.7 Å². The summed E-state index contributed by atoms with van der Waals surface area (Å²) < 4.78 is 1.89. The van der Waals surface area contributed by atoms with Gasteiger partial charge in [-0.25, -0.2) is 4.98 Å². The minimum atomic E-state index is -0.170. The number of nitrogens with one attached hydrogen (secondary N) is 1. The molecule has 0 aliphatic heterocycles. The number of benzene rings is 1. The number of hydrogen-bond acceptors (Lipinski definition) is 5. The molecule has 0 bridgehead atoms. The highest BCUT2D eigenvalue weighted by atomic mass is 16.2. The molecule has 0 atom stereocenters. The summed E-state index contributed by atoms with van der Waals surface area (Å²) in [5.41, 5.74) is 5.48. The third-order valence-electron chi connectivity index (χ3n) is 5.44. The third kappa shape index (κ3) is 2.78. The number of aryl methyl sites for hydroxylation is 1. The summed E-state index contributed by atoms with van der Waals surface area (Å²) in [6.45, 7) is 2.53. The normalized spacial score (nSPS) is 14.8. The zero-order valence-corrected chi connectivity index (χ0v) is 17.1. The Morgan fingerprint density at radius 3 is 2.70 bits per heavy atom. The van der Waals surface area contributed by atoms with E-state index in [0.717, 1.165) is 22.2 Å².